The molecule has 0 aromatic rings. The van der Waals surface area contributed by atoms with Gasteiger partial charge >= 0.3 is 11.9 Å². The van der Waals surface area contributed by atoms with Crippen LogP contribution in [0.5, 0.6) is 0 Å². The molecule has 0 saturated heterocycles. The monoisotopic (exact) mass is 228 g/mol. The largest absolute Gasteiger partial charge is 0.478 e. The van der Waals surface area contributed by atoms with E-state index in [0.29, 0.717) is 6.42 Å². The highest BCUT2D eigenvalue weighted by atomic mass is 16.5. The third-order valence-electron chi connectivity index (χ3n) is 1.88. The van der Waals surface area contributed by atoms with Crippen molar-refractivity contribution in [3.05, 3.63) is 11.3 Å². The maximum atomic E-state index is 11.2. The van der Waals surface area contributed by atoms with E-state index in [1.165, 1.54) is 6.92 Å². The van der Waals surface area contributed by atoms with Crippen LogP contribution >= 0.6 is 0 Å². The fourth-order valence-corrected chi connectivity index (χ4v) is 1.16. The molecule has 0 fully saturated rings. The van der Waals surface area contributed by atoms with Crippen molar-refractivity contribution in [3.63, 3.8) is 0 Å². The molecule has 1 N–H and O–H groups in total. The van der Waals surface area contributed by atoms with Crippen molar-refractivity contribution >= 4 is 17.7 Å². The summed E-state index contributed by atoms with van der Waals surface area (Å²) in [6.07, 6.45) is 1.63. The molecule has 0 bridgehead atoms. The Labute approximate surface area is 94.1 Å². The van der Waals surface area contributed by atoms with E-state index in [4.69, 9.17) is 5.11 Å². The minimum atomic E-state index is -1.22. The second-order valence-electron chi connectivity index (χ2n) is 3.37. The average molecular weight is 228 g/mol. The van der Waals surface area contributed by atoms with Gasteiger partial charge in [-0.25, -0.2) is 4.79 Å². The Bertz CT molecular complexity index is 327. The van der Waals surface area contributed by atoms with Crippen molar-refractivity contribution in [3.8, 4) is 0 Å². The lowest BCUT2D eigenvalue weighted by molar-refractivity contribution is -0.140. The van der Waals surface area contributed by atoms with Crippen molar-refractivity contribution in [1.29, 1.82) is 0 Å². The van der Waals surface area contributed by atoms with Gasteiger partial charge < -0.3 is 9.84 Å². The van der Waals surface area contributed by atoms with Crippen LogP contribution in [-0.4, -0.2) is 22.8 Å². The van der Waals surface area contributed by atoms with E-state index < -0.39 is 17.7 Å². The van der Waals surface area contributed by atoms with E-state index in [-0.39, 0.29) is 17.8 Å². The zero-order valence-electron chi connectivity index (χ0n) is 9.70. The number of hydrogen-bond donors (Lipinski definition) is 1. The highest BCUT2D eigenvalue weighted by molar-refractivity contribution is 6.01. The molecule has 0 aliphatic heterocycles. The number of carboxylic acid groups (broad SMARTS) is 1. The molecule has 0 aliphatic carbocycles. The maximum absolute atomic E-state index is 11.2. The Morgan fingerprint density at radius 3 is 2.06 bits per heavy atom. The molecule has 16 heavy (non-hydrogen) atoms. The van der Waals surface area contributed by atoms with E-state index in [1.807, 2.05) is 6.92 Å². The van der Waals surface area contributed by atoms with Crippen LogP contribution < -0.4 is 0 Å². The lowest BCUT2D eigenvalue weighted by Crippen LogP contribution is -2.14. The number of rotatable bonds is 6. The van der Waals surface area contributed by atoms with Gasteiger partial charge in [-0.1, -0.05) is 13.3 Å². The van der Waals surface area contributed by atoms with Gasteiger partial charge in [0.15, 0.2) is 11.5 Å². The summed E-state index contributed by atoms with van der Waals surface area (Å²) in [6.45, 7) is 4.20. The van der Waals surface area contributed by atoms with Crippen LogP contribution in [0.15, 0.2) is 11.3 Å². The molecular weight excluding hydrogens is 212 g/mol. The number of esters is 1. The number of ketones is 1. The predicted octanol–water partition coefficient (Wildman–Crippen LogP) is 1.67. The first kappa shape index (κ1) is 14.3. The first-order valence-corrected chi connectivity index (χ1v) is 5.05. The number of ether oxygens (including phenoxy) is 1. The highest BCUT2D eigenvalue weighted by Crippen LogP contribution is 2.15. The zero-order valence-corrected chi connectivity index (χ0v) is 9.70. The van der Waals surface area contributed by atoms with Crippen LogP contribution in [0.25, 0.3) is 0 Å². The summed E-state index contributed by atoms with van der Waals surface area (Å²) in [7, 11) is 0. The van der Waals surface area contributed by atoms with Gasteiger partial charge in [-0.2, -0.15) is 0 Å². The van der Waals surface area contributed by atoms with Crippen molar-refractivity contribution in [2.45, 2.75) is 40.0 Å². The number of allylic oxidation sites excluding steroid dienone is 1. The Hall–Kier alpha value is -1.65. The molecule has 90 valence electrons. The smallest absolute Gasteiger partial charge is 0.335 e. The topological polar surface area (TPSA) is 80.7 Å². The number of carboxylic acids is 1. The lowest BCUT2D eigenvalue weighted by atomic mass is 10.1. The predicted molar refractivity (Wildman–Crippen MR) is 56.6 cm³/mol. The number of carbonyl (C=O) groups excluding carboxylic acids is 2. The van der Waals surface area contributed by atoms with Gasteiger partial charge in [-0.15, -0.1) is 0 Å². The van der Waals surface area contributed by atoms with E-state index >= 15 is 0 Å². The molecule has 0 amide bonds. The zero-order chi connectivity index (χ0) is 12.7. The summed E-state index contributed by atoms with van der Waals surface area (Å²) in [4.78, 5) is 32.9. The Kier molecular flexibility index (Phi) is 6.07. The second kappa shape index (κ2) is 6.76. The van der Waals surface area contributed by atoms with Crippen LogP contribution in [0.3, 0.4) is 0 Å². The summed E-state index contributed by atoms with van der Waals surface area (Å²) < 4.78 is 4.64. The average Bonchev–Trinajstić information content (AvgIpc) is 2.15. The Morgan fingerprint density at radius 2 is 1.75 bits per heavy atom. The van der Waals surface area contributed by atoms with Gasteiger partial charge in [0.1, 0.15) is 0 Å². The maximum Gasteiger partial charge on any atom is 0.335 e. The SMILES string of the molecule is CCCCC(C(=O)O)=C(OC(C)=O)C(C)=O. The molecule has 0 aromatic heterocycles. The standard InChI is InChI=1S/C11H16O5/c1-4-5-6-9(11(14)15)10(7(2)12)16-8(3)13/h4-6H2,1-3H3,(H,14,15). The van der Waals surface area contributed by atoms with Gasteiger partial charge in [-0.3, -0.25) is 9.59 Å². The van der Waals surface area contributed by atoms with Crippen LogP contribution in [0, 0.1) is 0 Å². The third kappa shape index (κ3) is 4.72. The van der Waals surface area contributed by atoms with Crippen molar-refractivity contribution < 1.29 is 24.2 Å². The first-order valence-electron chi connectivity index (χ1n) is 5.05. The normalized spacial score (nSPS) is 11.7. The van der Waals surface area contributed by atoms with Crippen LogP contribution in [0.2, 0.25) is 0 Å². The van der Waals surface area contributed by atoms with Crippen molar-refractivity contribution in [2.75, 3.05) is 0 Å². The summed E-state index contributed by atoms with van der Waals surface area (Å²) in [5.41, 5.74) is -0.135. The summed E-state index contributed by atoms with van der Waals surface area (Å²) >= 11 is 0. The fraction of sp³-hybridized carbons (Fsp3) is 0.545. The van der Waals surface area contributed by atoms with Crippen LogP contribution in [-0.2, 0) is 19.1 Å². The number of aliphatic carboxylic acids is 1. The van der Waals surface area contributed by atoms with Gasteiger partial charge in [0.25, 0.3) is 0 Å². The minimum absolute atomic E-state index is 0.135. The third-order valence-corrected chi connectivity index (χ3v) is 1.88. The molecule has 0 spiro atoms. The van der Waals surface area contributed by atoms with E-state index in [1.54, 1.807) is 0 Å². The van der Waals surface area contributed by atoms with Crippen LogP contribution in [0.4, 0.5) is 0 Å². The van der Waals surface area contributed by atoms with E-state index in [0.717, 1.165) is 13.3 Å². The summed E-state index contributed by atoms with van der Waals surface area (Å²) in [6, 6.07) is 0. The van der Waals surface area contributed by atoms with E-state index in [9.17, 15) is 14.4 Å². The molecule has 0 aliphatic rings. The number of hydrogen-bond acceptors (Lipinski definition) is 4. The highest BCUT2D eigenvalue weighted by Gasteiger charge is 2.20. The molecule has 0 aromatic carbocycles. The Morgan fingerprint density at radius 1 is 1.19 bits per heavy atom. The second-order valence-corrected chi connectivity index (χ2v) is 3.37. The van der Waals surface area contributed by atoms with Gasteiger partial charge in [-0.05, 0) is 12.8 Å². The Balaban J connectivity index is 5.17. The molecule has 5 heteroatoms. The van der Waals surface area contributed by atoms with E-state index in [2.05, 4.69) is 4.74 Å². The van der Waals surface area contributed by atoms with Crippen LogP contribution in [0.1, 0.15) is 40.0 Å². The number of unbranched alkanes of at least 4 members (excludes halogenated alkanes) is 1. The van der Waals surface area contributed by atoms with Gasteiger partial charge in [0.2, 0.25) is 0 Å². The minimum Gasteiger partial charge on any atom is -0.478 e. The molecular formula is C11H16O5. The fourth-order valence-electron chi connectivity index (χ4n) is 1.16. The number of Topliss-reactive ketones (excluding diaryl/α,β-unsaturated/α-hetero) is 1. The summed E-state index contributed by atoms with van der Waals surface area (Å²) in [5, 5.41) is 8.93. The number of carbonyl (C=O) groups is 3. The molecule has 0 rings (SSSR count). The molecule has 0 saturated carbocycles. The molecule has 0 heterocycles. The van der Waals surface area contributed by atoms with Gasteiger partial charge in [0.05, 0.1) is 5.57 Å². The molecule has 5 nitrogen and oxygen atoms in total. The van der Waals surface area contributed by atoms with Crippen molar-refractivity contribution in [2.24, 2.45) is 0 Å². The summed E-state index contributed by atoms with van der Waals surface area (Å²) in [5.74, 6) is -2.82. The lowest BCUT2D eigenvalue weighted by Gasteiger charge is -2.08. The van der Waals surface area contributed by atoms with Gasteiger partial charge in [0, 0.05) is 13.8 Å². The molecule has 0 radical (unpaired) electrons. The molecule has 0 unspecified atom stereocenters. The quantitative estimate of drug-likeness (QED) is 0.425. The molecule has 0 atom stereocenters. The first-order chi connectivity index (χ1) is 7.40. The van der Waals surface area contributed by atoms with Crippen molar-refractivity contribution in [1.82, 2.24) is 0 Å².